The summed E-state index contributed by atoms with van der Waals surface area (Å²) in [6.45, 7) is 2.26. The van der Waals surface area contributed by atoms with E-state index in [1.54, 1.807) is 6.92 Å². The molecule has 29 heavy (non-hydrogen) atoms. The first-order chi connectivity index (χ1) is 13.5. The third-order valence-corrected chi connectivity index (χ3v) is 5.21. The van der Waals surface area contributed by atoms with Crippen molar-refractivity contribution in [3.63, 3.8) is 0 Å². The van der Waals surface area contributed by atoms with Crippen LogP contribution in [0.25, 0.3) is 0 Å². The number of benzene rings is 2. The summed E-state index contributed by atoms with van der Waals surface area (Å²) in [4.78, 5) is 5.16. The molecular weight excluding hydrogens is 416 g/mol. The minimum Gasteiger partial charge on any atom is -0.363 e. The topological polar surface area (TPSA) is 68.2 Å². The largest absolute Gasteiger partial charge is 0.516 e. The van der Waals surface area contributed by atoms with E-state index in [4.69, 9.17) is 4.84 Å². The minimum absolute atomic E-state index is 0.0944. The number of hydrogen-bond acceptors (Lipinski definition) is 5. The monoisotopic (exact) mass is 434 g/mol. The molecule has 0 amide bonds. The number of aryl methyl sites for hydroxylation is 1. The van der Waals surface area contributed by atoms with Crippen LogP contribution in [0.4, 0.5) is 23.2 Å². The maximum atomic E-state index is 13.1. The standard InChI is InChI=1S/C18H18F4N2O4S/c1-12-4-9-17(24(11-27-3)29(25,26)18(20,21)22)16(10-12)13(2)23-28-15-7-5-14(19)6-8-15/h4-10H,11H2,1-3H3/b23-13+. The highest BCUT2D eigenvalue weighted by atomic mass is 32.2. The highest BCUT2D eigenvalue weighted by Crippen LogP contribution is 2.33. The van der Waals surface area contributed by atoms with E-state index in [1.165, 1.54) is 37.3 Å². The summed E-state index contributed by atoms with van der Waals surface area (Å²) in [5.74, 6) is -0.289. The predicted octanol–water partition coefficient (Wildman–Crippen LogP) is 4.20. The van der Waals surface area contributed by atoms with Gasteiger partial charge in [-0.3, -0.25) is 0 Å². The van der Waals surface area contributed by atoms with Crippen LogP contribution in [0.1, 0.15) is 18.1 Å². The number of rotatable bonds is 7. The average Bonchev–Trinajstić information content (AvgIpc) is 2.64. The van der Waals surface area contributed by atoms with E-state index >= 15 is 0 Å². The zero-order chi connectivity index (χ0) is 21.8. The third kappa shape index (κ3) is 5.24. The van der Waals surface area contributed by atoms with E-state index in [9.17, 15) is 26.0 Å². The van der Waals surface area contributed by atoms with Crippen molar-refractivity contribution in [2.45, 2.75) is 19.4 Å². The molecule has 158 valence electrons. The van der Waals surface area contributed by atoms with Crippen molar-refractivity contribution in [3.8, 4) is 5.75 Å². The molecule has 0 fully saturated rings. The second-order valence-electron chi connectivity index (χ2n) is 5.96. The van der Waals surface area contributed by atoms with Crippen molar-refractivity contribution in [2.24, 2.45) is 5.16 Å². The molecule has 6 nitrogen and oxygen atoms in total. The first-order valence-electron chi connectivity index (χ1n) is 8.13. The Kier molecular flexibility index (Phi) is 6.85. The van der Waals surface area contributed by atoms with Gasteiger partial charge >= 0.3 is 15.5 Å². The van der Waals surface area contributed by atoms with Gasteiger partial charge in [0, 0.05) is 12.7 Å². The average molecular weight is 434 g/mol. The first-order valence-corrected chi connectivity index (χ1v) is 9.57. The molecule has 0 atom stereocenters. The second kappa shape index (κ2) is 8.78. The number of oxime groups is 1. The molecule has 0 aliphatic heterocycles. The van der Waals surface area contributed by atoms with Crippen LogP contribution >= 0.6 is 0 Å². The van der Waals surface area contributed by atoms with Gasteiger partial charge in [0.1, 0.15) is 12.5 Å². The lowest BCUT2D eigenvalue weighted by Crippen LogP contribution is -2.42. The summed E-state index contributed by atoms with van der Waals surface area (Å²) >= 11 is 0. The molecule has 0 aliphatic rings. The van der Waals surface area contributed by atoms with E-state index in [0.717, 1.165) is 19.2 Å². The van der Waals surface area contributed by atoms with Gasteiger partial charge in [-0.05, 0) is 50.2 Å². The summed E-state index contributed by atoms with van der Waals surface area (Å²) in [6.07, 6.45) is 0. The molecule has 0 aliphatic carbocycles. The van der Waals surface area contributed by atoms with Crippen molar-refractivity contribution < 1.29 is 35.6 Å². The third-order valence-electron chi connectivity index (χ3n) is 3.74. The zero-order valence-corrected chi connectivity index (χ0v) is 16.5. The van der Waals surface area contributed by atoms with Gasteiger partial charge in [-0.25, -0.2) is 8.70 Å². The lowest BCUT2D eigenvalue weighted by atomic mass is 10.1. The SMILES string of the molecule is COCN(c1ccc(C)cc1/C(C)=N/Oc1ccc(F)cc1)S(=O)(=O)C(F)(F)F. The lowest BCUT2D eigenvalue weighted by molar-refractivity contribution is -0.0443. The van der Waals surface area contributed by atoms with Gasteiger partial charge in [0.05, 0.1) is 11.4 Å². The first kappa shape index (κ1) is 22.6. The Balaban J connectivity index is 2.51. The van der Waals surface area contributed by atoms with Crippen molar-refractivity contribution in [1.82, 2.24) is 0 Å². The molecule has 0 N–H and O–H groups in total. The zero-order valence-electron chi connectivity index (χ0n) is 15.7. The predicted molar refractivity (Wildman–Crippen MR) is 99.7 cm³/mol. The highest BCUT2D eigenvalue weighted by Gasteiger charge is 2.50. The summed E-state index contributed by atoms with van der Waals surface area (Å²) in [5, 5.41) is 3.83. The fraction of sp³-hybridized carbons (Fsp3) is 0.278. The molecule has 0 saturated carbocycles. The number of halogens is 4. The van der Waals surface area contributed by atoms with E-state index in [-0.39, 0.29) is 27.0 Å². The Morgan fingerprint density at radius 3 is 2.31 bits per heavy atom. The molecule has 0 heterocycles. The maximum Gasteiger partial charge on any atom is 0.516 e. The van der Waals surface area contributed by atoms with Crippen molar-refractivity contribution in [2.75, 3.05) is 18.1 Å². The van der Waals surface area contributed by atoms with Crippen LogP contribution in [-0.2, 0) is 14.8 Å². The molecular formula is C18H18F4N2O4S. The van der Waals surface area contributed by atoms with Gasteiger partial charge < -0.3 is 9.57 Å². The van der Waals surface area contributed by atoms with Crippen LogP contribution in [0.3, 0.4) is 0 Å². The van der Waals surface area contributed by atoms with E-state index in [2.05, 4.69) is 9.89 Å². The second-order valence-corrected chi connectivity index (χ2v) is 7.81. The number of anilines is 1. The van der Waals surface area contributed by atoms with Crippen molar-refractivity contribution in [1.29, 1.82) is 0 Å². The molecule has 0 saturated heterocycles. The summed E-state index contributed by atoms with van der Waals surface area (Å²) in [6, 6.07) is 9.08. The smallest absolute Gasteiger partial charge is 0.363 e. The Labute approximate surface area is 165 Å². The van der Waals surface area contributed by atoms with Crippen molar-refractivity contribution >= 4 is 21.4 Å². The molecule has 0 unspecified atom stereocenters. The van der Waals surface area contributed by atoms with Crippen LogP contribution in [0.2, 0.25) is 0 Å². The number of methoxy groups -OCH3 is 1. The number of hydrogen-bond donors (Lipinski definition) is 0. The molecule has 0 aromatic heterocycles. The molecule has 0 bridgehead atoms. The maximum absolute atomic E-state index is 13.1. The molecule has 2 rings (SSSR count). The van der Waals surface area contributed by atoms with Crippen molar-refractivity contribution in [3.05, 3.63) is 59.4 Å². The molecule has 0 spiro atoms. The van der Waals surface area contributed by atoms with Crippen LogP contribution in [0.15, 0.2) is 47.6 Å². The number of sulfonamides is 1. The molecule has 11 heteroatoms. The summed E-state index contributed by atoms with van der Waals surface area (Å²) in [5.41, 5.74) is -4.95. The van der Waals surface area contributed by atoms with Gasteiger partial charge in [-0.15, -0.1) is 0 Å². The Morgan fingerprint density at radius 1 is 1.14 bits per heavy atom. The molecule has 2 aromatic rings. The Hall–Kier alpha value is -2.66. The normalized spacial score (nSPS) is 12.7. The van der Waals surface area contributed by atoms with Gasteiger partial charge in [0.2, 0.25) is 0 Å². The highest BCUT2D eigenvalue weighted by molar-refractivity contribution is 7.93. The van der Waals surface area contributed by atoms with Crippen LogP contribution in [0, 0.1) is 12.7 Å². The number of ether oxygens (including phenoxy) is 1. The minimum atomic E-state index is -5.72. The molecule has 2 aromatic carbocycles. The Morgan fingerprint density at radius 2 is 1.76 bits per heavy atom. The van der Waals surface area contributed by atoms with E-state index in [0.29, 0.717) is 5.56 Å². The van der Waals surface area contributed by atoms with E-state index < -0.39 is 28.1 Å². The van der Waals surface area contributed by atoms with Crippen LogP contribution < -0.4 is 9.14 Å². The van der Waals surface area contributed by atoms with Crippen LogP contribution in [0.5, 0.6) is 5.75 Å². The molecule has 0 radical (unpaired) electrons. The van der Waals surface area contributed by atoms with Crippen LogP contribution in [-0.4, -0.2) is 33.5 Å². The number of nitrogens with zero attached hydrogens (tertiary/aromatic N) is 2. The summed E-state index contributed by atoms with van der Waals surface area (Å²) in [7, 11) is -4.65. The fourth-order valence-electron chi connectivity index (χ4n) is 2.33. The summed E-state index contributed by atoms with van der Waals surface area (Å²) < 4.78 is 81.2. The van der Waals surface area contributed by atoms with Gasteiger partial charge in [-0.1, -0.05) is 16.8 Å². The Bertz CT molecular complexity index is 990. The fourth-order valence-corrected chi connectivity index (χ4v) is 3.25. The van der Waals surface area contributed by atoms with E-state index in [1.807, 2.05) is 0 Å². The lowest BCUT2D eigenvalue weighted by Gasteiger charge is -2.26. The van der Waals surface area contributed by atoms with Gasteiger partial charge in [-0.2, -0.15) is 21.6 Å². The number of alkyl halides is 3. The van der Waals surface area contributed by atoms with Gasteiger partial charge in [0.15, 0.2) is 5.75 Å². The van der Waals surface area contributed by atoms with Gasteiger partial charge in [0.25, 0.3) is 0 Å². The quantitative estimate of drug-likeness (QED) is 0.284.